The summed E-state index contributed by atoms with van der Waals surface area (Å²) in [5.74, 6) is 0.0130. The molecule has 0 aliphatic heterocycles. The van der Waals surface area contributed by atoms with E-state index in [2.05, 4.69) is 27.7 Å². The number of aromatic nitrogens is 2. The molecule has 1 aromatic heterocycles. The van der Waals surface area contributed by atoms with Gasteiger partial charge in [0.2, 0.25) is 0 Å². The summed E-state index contributed by atoms with van der Waals surface area (Å²) in [7, 11) is 1.90. The average Bonchev–Trinajstić information content (AvgIpc) is 2.62. The van der Waals surface area contributed by atoms with Gasteiger partial charge in [-0.05, 0) is 60.7 Å². The second-order valence-corrected chi connectivity index (χ2v) is 5.66. The van der Waals surface area contributed by atoms with Crippen molar-refractivity contribution in [1.29, 1.82) is 0 Å². The first-order chi connectivity index (χ1) is 8.99. The van der Waals surface area contributed by atoms with Gasteiger partial charge in [-0.15, -0.1) is 0 Å². The Balaban J connectivity index is 2.23. The Morgan fingerprint density at radius 1 is 1.26 bits per heavy atom. The lowest BCUT2D eigenvalue weighted by molar-refractivity contribution is 0.104. The molecule has 3 nitrogen and oxygen atoms in total. The van der Waals surface area contributed by atoms with Crippen molar-refractivity contribution in [3.05, 3.63) is 56.4 Å². The molecular weight excluding hydrogens is 351 g/mol. The molecule has 19 heavy (non-hydrogen) atoms. The first kappa shape index (κ1) is 14.0. The van der Waals surface area contributed by atoms with Gasteiger partial charge in [0.25, 0.3) is 0 Å². The van der Waals surface area contributed by atoms with Gasteiger partial charge in [-0.25, -0.2) is 0 Å². The van der Waals surface area contributed by atoms with Crippen molar-refractivity contribution in [2.75, 3.05) is 0 Å². The third-order valence-electron chi connectivity index (χ3n) is 3.10. The Labute approximate surface area is 126 Å². The molecule has 0 fully saturated rings. The highest BCUT2D eigenvalue weighted by molar-refractivity contribution is 14.1. The minimum Gasteiger partial charge on any atom is -0.289 e. The zero-order chi connectivity index (χ0) is 14.0. The van der Waals surface area contributed by atoms with Gasteiger partial charge in [0.15, 0.2) is 5.78 Å². The zero-order valence-electron chi connectivity index (χ0n) is 11.1. The summed E-state index contributed by atoms with van der Waals surface area (Å²) >= 11 is 2.22. The number of allylic oxidation sites excluding steroid dienone is 1. The monoisotopic (exact) mass is 366 g/mol. The molecule has 0 aliphatic carbocycles. The smallest absolute Gasteiger partial charge is 0.185 e. The van der Waals surface area contributed by atoms with Gasteiger partial charge in [-0.1, -0.05) is 12.1 Å². The predicted molar refractivity (Wildman–Crippen MR) is 85.2 cm³/mol. The van der Waals surface area contributed by atoms with Crippen LogP contribution in [0, 0.1) is 17.4 Å². The van der Waals surface area contributed by atoms with Crippen LogP contribution in [0.1, 0.15) is 27.3 Å². The summed E-state index contributed by atoms with van der Waals surface area (Å²) in [4.78, 5) is 12.0. The molecule has 0 unspecified atom stereocenters. The third-order valence-corrected chi connectivity index (χ3v) is 3.81. The predicted octanol–water partition coefficient (Wildman–Crippen LogP) is 3.54. The molecule has 0 atom stereocenters. The second kappa shape index (κ2) is 5.69. The molecule has 4 heteroatoms. The topological polar surface area (TPSA) is 34.9 Å². The van der Waals surface area contributed by atoms with Gasteiger partial charge in [0.1, 0.15) is 0 Å². The van der Waals surface area contributed by atoms with Crippen molar-refractivity contribution < 1.29 is 4.79 Å². The summed E-state index contributed by atoms with van der Waals surface area (Å²) in [6.45, 7) is 3.94. The van der Waals surface area contributed by atoms with Gasteiger partial charge < -0.3 is 0 Å². The van der Waals surface area contributed by atoms with E-state index in [1.54, 1.807) is 6.08 Å². The molecule has 0 amide bonds. The van der Waals surface area contributed by atoms with Gasteiger partial charge in [-0.2, -0.15) is 5.10 Å². The number of ketones is 1. The number of benzene rings is 1. The lowest BCUT2D eigenvalue weighted by Gasteiger charge is -1.97. The SMILES string of the molecule is Cc1nn(C)c(C)c1/C=C\C(=O)c1ccc(I)cc1. The van der Waals surface area contributed by atoms with Crippen molar-refractivity contribution in [1.82, 2.24) is 9.78 Å². The molecule has 1 aromatic carbocycles. The summed E-state index contributed by atoms with van der Waals surface area (Å²) in [6.07, 6.45) is 3.46. The number of hydrogen-bond acceptors (Lipinski definition) is 2. The van der Waals surface area contributed by atoms with Crippen molar-refractivity contribution in [2.24, 2.45) is 7.05 Å². The highest BCUT2D eigenvalue weighted by atomic mass is 127. The van der Waals surface area contributed by atoms with Crippen LogP contribution < -0.4 is 0 Å². The van der Waals surface area contributed by atoms with Crippen LogP contribution >= 0.6 is 22.6 Å². The summed E-state index contributed by atoms with van der Waals surface area (Å²) in [6, 6.07) is 7.55. The Kier molecular flexibility index (Phi) is 4.19. The summed E-state index contributed by atoms with van der Waals surface area (Å²) in [5, 5.41) is 4.33. The van der Waals surface area contributed by atoms with Crippen LogP contribution in [0.15, 0.2) is 30.3 Å². The molecule has 0 saturated heterocycles. The van der Waals surface area contributed by atoms with E-state index in [9.17, 15) is 4.79 Å². The van der Waals surface area contributed by atoms with E-state index in [0.29, 0.717) is 5.56 Å². The van der Waals surface area contributed by atoms with Crippen LogP contribution in [0.25, 0.3) is 6.08 Å². The molecule has 0 saturated carbocycles. The average molecular weight is 366 g/mol. The lowest BCUT2D eigenvalue weighted by atomic mass is 10.1. The molecule has 0 aliphatic rings. The highest BCUT2D eigenvalue weighted by Crippen LogP contribution is 2.15. The summed E-state index contributed by atoms with van der Waals surface area (Å²) in [5.41, 5.74) is 3.72. The number of aryl methyl sites for hydroxylation is 2. The Morgan fingerprint density at radius 2 is 1.89 bits per heavy atom. The molecule has 0 radical (unpaired) electrons. The molecule has 0 bridgehead atoms. The maximum absolute atomic E-state index is 12.0. The molecule has 98 valence electrons. The highest BCUT2D eigenvalue weighted by Gasteiger charge is 2.07. The largest absolute Gasteiger partial charge is 0.289 e. The number of halogens is 1. The molecule has 0 N–H and O–H groups in total. The molecular formula is C15H15IN2O. The van der Waals surface area contributed by atoms with Crippen molar-refractivity contribution >= 4 is 34.5 Å². The fourth-order valence-electron chi connectivity index (χ4n) is 1.90. The molecule has 0 spiro atoms. The minimum absolute atomic E-state index is 0.0130. The lowest BCUT2D eigenvalue weighted by Crippen LogP contribution is -1.94. The Bertz CT molecular complexity index is 639. The molecule has 1 heterocycles. The Morgan fingerprint density at radius 3 is 2.42 bits per heavy atom. The van der Waals surface area contributed by atoms with Crippen molar-refractivity contribution in [2.45, 2.75) is 13.8 Å². The second-order valence-electron chi connectivity index (χ2n) is 4.41. The number of nitrogens with zero attached hydrogens (tertiary/aromatic N) is 2. The van der Waals surface area contributed by atoms with Crippen molar-refractivity contribution in [3.8, 4) is 0 Å². The van der Waals surface area contributed by atoms with Gasteiger partial charge in [0.05, 0.1) is 5.69 Å². The van der Waals surface area contributed by atoms with E-state index in [0.717, 1.165) is 20.5 Å². The maximum atomic E-state index is 12.0. The first-order valence-electron chi connectivity index (χ1n) is 5.97. The van der Waals surface area contributed by atoms with Crippen LogP contribution in [-0.4, -0.2) is 15.6 Å². The minimum atomic E-state index is 0.0130. The van der Waals surface area contributed by atoms with Crippen molar-refractivity contribution in [3.63, 3.8) is 0 Å². The number of carbonyl (C=O) groups is 1. The van der Waals surface area contributed by atoms with Gasteiger partial charge in [-0.3, -0.25) is 9.48 Å². The zero-order valence-corrected chi connectivity index (χ0v) is 13.3. The van der Waals surface area contributed by atoms with E-state index in [-0.39, 0.29) is 5.78 Å². The van der Waals surface area contributed by atoms with Crippen LogP contribution in [0.2, 0.25) is 0 Å². The quantitative estimate of drug-likeness (QED) is 0.473. The van der Waals surface area contributed by atoms with E-state index in [1.165, 1.54) is 0 Å². The normalized spacial score (nSPS) is 11.2. The maximum Gasteiger partial charge on any atom is 0.185 e. The number of carbonyl (C=O) groups excluding carboxylic acids is 1. The molecule has 2 aromatic rings. The summed E-state index contributed by atoms with van der Waals surface area (Å²) < 4.78 is 2.95. The molecule has 2 rings (SSSR count). The van der Waals surface area contributed by atoms with E-state index in [4.69, 9.17) is 0 Å². The standard InChI is InChI=1S/C15H15IN2O/c1-10-14(11(2)18(3)17-10)8-9-15(19)12-4-6-13(16)7-5-12/h4-9H,1-3H3/b9-8-. The van der Waals surface area contributed by atoms with E-state index < -0.39 is 0 Å². The van der Waals surface area contributed by atoms with Crippen LogP contribution in [0.4, 0.5) is 0 Å². The van der Waals surface area contributed by atoms with Gasteiger partial charge in [0, 0.05) is 27.4 Å². The number of rotatable bonds is 3. The van der Waals surface area contributed by atoms with Crippen LogP contribution in [0.5, 0.6) is 0 Å². The fraction of sp³-hybridized carbons (Fsp3) is 0.200. The van der Waals surface area contributed by atoms with E-state index in [1.807, 2.05) is 55.9 Å². The number of hydrogen-bond donors (Lipinski definition) is 0. The van der Waals surface area contributed by atoms with Crippen LogP contribution in [0.3, 0.4) is 0 Å². The Hall–Kier alpha value is -1.43. The van der Waals surface area contributed by atoms with E-state index >= 15 is 0 Å². The van der Waals surface area contributed by atoms with Crippen LogP contribution in [-0.2, 0) is 7.05 Å². The van der Waals surface area contributed by atoms with Gasteiger partial charge >= 0.3 is 0 Å². The fourth-order valence-corrected chi connectivity index (χ4v) is 2.26. The first-order valence-corrected chi connectivity index (χ1v) is 7.05. The third kappa shape index (κ3) is 3.12.